The number of rotatable bonds is 8. The van der Waals surface area contributed by atoms with Crippen LogP contribution >= 0.6 is 0 Å². The first-order chi connectivity index (χ1) is 15.8. The van der Waals surface area contributed by atoms with Crippen molar-refractivity contribution in [3.63, 3.8) is 0 Å². The quantitative estimate of drug-likeness (QED) is 0.456. The molecule has 4 aromatic rings. The van der Waals surface area contributed by atoms with E-state index in [-0.39, 0.29) is 12.5 Å². The number of benzene rings is 3. The van der Waals surface area contributed by atoms with E-state index in [4.69, 9.17) is 4.74 Å². The number of nitrogens with one attached hydrogen (secondary N) is 1. The number of carbonyl (C=O) groups excluding carboxylic acids is 1. The molecular weight excluding hydrogens is 402 g/mol. The second kappa shape index (κ2) is 9.01. The largest absolute Gasteiger partial charge is 0.483 e. The predicted octanol–water partition coefficient (Wildman–Crippen LogP) is 4.28. The Labute approximate surface area is 186 Å². The van der Waals surface area contributed by atoms with Crippen LogP contribution in [-0.4, -0.2) is 32.7 Å². The first kappa shape index (κ1) is 19.9. The molecule has 0 unspecified atom stereocenters. The Hall–Kier alpha value is -4.00. The summed E-state index contributed by atoms with van der Waals surface area (Å²) in [7, 11) is 0. The number of carbonyl (C=O) groups is 1. The lowest BCUT2D eigenvalue weighted by atomic mass is 10.0. The van der Waals surface area contributed by atoms with Crippen LogP contribution in [0.1, 0.15) is 30.0 Å². The summed E-state index contributed by atoms with van der Waals surface area (Å²) in [4.78, 5) is 12.6. The average molecular weight is 425 g/mol. The molecule has 1 N–H and O–H groups in total. The van der Waals surface area contributed by atoms with E-state index in [1.165, 1.54) is 5.56 Å². The normalized spacial score (nSPS) is 13.0. The molecule has 1 aromatic heterocycles. The minimum atomic E-state index is -0.224. The first-order valence-electron chi connectivity index (χ1n) is 10.7. The fraction of sp³-hybridized carbons (Fsp3) is 0.200. The van der Waals surface area contributed by atoms with Crippen molar-refractivity contribution in [2.75, 3.05) is 11.9 Å². The van der Waals surface area contributed by atoms with Gasteiger partial charge in [-0.3, -0.25) is 4.79 Å². The van der Waals surface area contributed by atoms with Gasteiger partial charge in [-0.15, -0.1) is 5.10 Å². The van der Waals surface area contributed by atoms with Gasteiger partial charge >= 0.3 is 0 Å². The zero-order chi connectivity index (χ0) is 21.8. The molecule has 0 bridgehead atoms. The molecule has 1 saturated carbocycles. The van der Waals surface area contributed by atoms with E-state index < -0.39 is 0 Å². The first-order valence-corrected chi connectivity index (χ1v) is 10.7. The van der Waals surface area contributed by atoms with Gasteiger partial charge in [0.2, 0.25) is 0 Å². The summed E-state index contributed by atoms with van der Waals surface area (Å²) in [6.45, 7) is -0.0736. The standard InChI is InChI=1S/C25H23N5O2/c31-24(17-32-23-12-5-4-9-19(23)15-18-7-2-1-3-8-18)26-21-11-6-10-20(16-21)25-27-28-29-30(25)22-13-14-22/h1-12,16,22H,13-15,17H2,(H,26,31). The molecule has 32 heavy (non-hydrogen) atoms. The smallest absolute Gasteiger partial charge is 0.262 e. The van der Waals surface area contributed by atoms with E-state index in [1.54, 1.807) is 0 Å². The zero-order valence-corrected chi connectivity index (χ0v) is 17.5. The van der Waals surface area contributed by atoms with Crippen LogP contribution < -0.4 is 10.1 Å². The summed E-state index contributed by atoms with van der Waals surface area (Å²) in [6, 6.07) is 25.9. The van der Waals surface area contributed by atoms with Crippen LogP contribution in [0.4, 0.5) is 5.69 Å². The van der Waals surface area contributed by atoms with E-state index in [0.717, 1.165) is 36.2 Å². The molecule has 0 radical (unpaired) electrons. The summed E-state index contributed by atoms with van der Waals surface area (Å²) >= 11 is 0. The van der Waals surface area contributed by atoms with E-state index >= 15 is 0 Å². The predicted molar refractivity (Wildman–Crippen MR) is 121 cm³/mol. The Bertz CT molecular complexity index is 1220. The highest BCUT2D eigenvalue weighted by Gasteiger charge is 2.28. The van der Waals surface area contributed by atoms with Crippen molar-refractivity contribution < 1.29 is 9.53 Å². The molecule has 5 rings (SSSR count). The highest BCUT2D eigenvalue weighted by Crippen LogP contribution is 2.36. The van der Waals surface area contributed by atoms with E-state index in [9.17, 15) is 4.79 Å². The molecule has 0 spiro atoms. The lowest BCUT2D eigenvalue weighted by molar-refractivity contribution is -0.118. The van der Waals surface area contributed by atoms with Crippen LogP contribution in [0.25, 0.3) is 11.4 Å². The number of nitrogens with zero attached hydrogens (tertiary/aromatic N) is 4. The van der Waals surface area contributed by atoms with Crippen molar-refractivity contribution in [2.45, 2.75) is 25.3 Å². The third-order valence-corrected chi connectivity index (χ3v) is 5.36. The summed E-state index contributed by atoms with van der Waals surface area (Å²) in [5.74, 6) is 1.21. The third kappa shape index (κ3) is 4.67. The molecular formula is C25H23N5O2. The Morgan fingerprint density at radius 2 is 1.81 bits per heavy atom. The van der Waals surface area contributed by atoms with E-state index in [2.05, 4.69) is 33.0 Å². The molecule has 1 heterocycles. The number of hydrogen-bond donors (Lipinski definition) is 1. The molecule has 160 valence electrons. The average Bonchev–Trinajstić information content (AvgIpc) is 3.55. The number of hydrogen-bond acceptors (Lipinski definition) is 5. The van der Waals surface area contributed by atoms with Gasteiger partial charge in [0.1, 0.15) is 5.75 Å². The number of amides is 1. The fourth-order valence-corrected chi connectivity index (χ4v) is 3.63. The second-order valence-corrected chi connectivity index (χ2v) is 7.87. The maximum Gasteiger partial charge on any atom is 0.262 e. The Morgan fingerprint density at radius 3 is 2.66 bits per heavy atom. The van der Waals surface area contributed by atoms with E-state index in [1.807, 2.05) is 71.4 Å². The lowest BCUT2D eigenvalue weighted by Gasteiger charge is -2.12. The number of aromatic nitrogens is 4. The van der Waals surface area contributed by atoms with Crippen molar-refractivity contribution in [2.24, 2.45) is 0 Å². The van der Waals surface area contributed by atoms with Gasteiger partial charge in [0.15, 0.2) is 12.4 Å². The van der Waals surface area contributed by atoms with Crippen molar-refractivity contribution >= 4 is 11.6 Å². The molecule has 0 saturated heterocycles. The molecule has 7 nitrogen and oxygen atoms in total. The second-order valence-electron chi connectivity index (χ2n) is 7.87. The summed E-state index contributed by atoms with van der Waals surface area (Å²) in [5.41, 5.74) is 3.78. The topological polar surface area (TPSA) is 81.9 Å². The van der Waals surface area contributed by atoms with Crippen LogP contribution in [0, 0.1) is 0 Å². The highest BCUT2D eigenvalue weighted by molar-refractivity contribution is 5.92. The van der Waals surface area contributed by atoms with Crippen molar-refractivity contribution in [1.29, 1.82) is 0 Å². The molecule has 0 aliphatic heterocycles. The number of tetrazole rings is 1. The maximum absolute atomic E-state index is 12.6. The highest BCUT2D eigenvalue weighted by atomic mass is 16.5. The summed E-state index contributed by atoms with van der Waals surface area (Å²) in [5, 5.41) is 15.0. The Kier molecular flexibility index (Phi) is 5.61. The van der Waals surface area contributed by atoms with Gasteiger partial charge in [0.05, 0.1) is 6.04 Å². The molecule has 1 aliphatic carbocycles. The molecule has 7 heteroatoms. The van der Waals surface area contributed by atoms with Crippen molar-refractivity contribution in [3.05, 3.63) is 90.0 Å². The molecule has 3 aromatic carbocycles. The minimum absolute atomic E-state index is 0.0736. The van der Waals surface area contributed by atoms with Crippen LogP contribution in [0.5, 0.6) is 5.75 Å². The van der Waals surface area contributed by atoms with Crippen LogP contribution in [0.15, 0.2) is 78.9 Å². The summed E-state index contributed by atoms with van der Waals surface area (Å²) in [6.07, 6.45) is 2.94. The van der Waals surface area contributed by atoms with Gasteiger partial charge in [0, 0.05) is 17.7 Å². The van der Waals surface area contributed by atoms with Crippen molar-refractivity contribution in [1.82, 2.24) is 20.2 Å². The van der Waals surface area contributed by atoms with Gasteiger partial charge in [0.25, 0.3) is 5.91 Å². The molecule has 1 aliphatic rings. The van der Waals surface area contributed by atoms with Gasteiger partial charge in [-0.1, -0.05) is 60.7 Å². The van der Waals surface area contributed by atoms with Gasteiger partial charge < -0.3 is 10.1 Å². The van der Waals surface area contributed by atoms with Gasteiger partial charge in [-0.25, -0.2) is 4.68 Å². The van der Waals surface area contributed by atoms with Crippen LogP contribution in [0.3, 0.4) is 0 Å². The fourth-order valence-electron chi connectivity index (χ4n) is 3.63. The van der Waals surface area contributed by atoms with E-state index in [0.29, 0.717) is 17.5 Å². The Morgan fingerprint density at radius 1 is 1.00 bits per heavy atom. The van der Waals surface area contributed by atoms with Crippen molar-refractivity contribution in [3.8, 4) is 17.1 Å². The SMILES string of the molecule is O=C(COc1ccccc1Cc1ccccc1)Nc1cccc(-c2nnnn2C2CC2)c1. The molecule has 0 atom stereocenters. The number of ether oxygens (including phenoxy) is 1. The Balaban J connectivity index is 1.23. The monoisotopic (exact) mass is 425 g/mol. The van der Waals surface area contributed by atoms with Crippen LogP contribution in [-0.2, 0) is 11.2 Å². The lowest BCUT2D eigenvalue weighted by Crippen LogP contribution is -2.20. The van der Waals surface area contributed by atoms with Crippen LogP contribution in [0.2, 0.25) is 0 Å². The molecule has 1 amide bonds. The zero-order valence-electron chi connectivity index (χ0n) is 17.5. The molecule has 1 fully saturated rings. The summed E-state index contributed by atoms with van der Waals surface area (Å²) < 4.78 is 7.71. The third-order valence-electron chi connectivity index (χ3n) is 5.36. The van der Waals surface area contributed by atoms with Gasteiger partial charge in [-0.2, -0.15) is 0 Å². The van der Waals surface area contributed by atoms with Gasteiger partial charge in [-0.05, 0) is 52.6 Å². The number of para-hydroxylation sites is 1. The minimum Gasteiger partial charge on any atom is -0.483 e. The number of anilines is 1. The maximum atomic E-state index is 12.6.